The van der Waals surface area contributed by atoms with Gasteiger partial charge in [-0.25, -0.2) is 4.98 Å². The topological polar surface area (TPSA) is 85.3 Å². The van der Waals surface area contributed by atoms with E-state index in [4.69, 9.17) is 4.74 Å². The van der Waals surface area contributed by atoms with Crippen molar-refractivity contribution < 1.29 is 14.3 Å². The number of nitrogens with zero attached hydrogens (tertiary/aromatic N) is 2. The number of carbonyl (C=O) groups excluding carboxylic acids is 2. The molecular weight excluding hydrogens is 344 g/mol. The van der Waals surface area contributed by atoms with Crippen molar-refractivity contribution in [2.45, 2.75) is 26.7 Å². The smallest absolute Gasteiger partial charge is 0.229 e. The summed E-state index contributed by atoms with van der Waals surface area (Å²) < 4.78 is 7.54. The summed E-state index contributed by atoms with van der Waals surface area (Å²) in [5.74, 6) is -0.348. The van der Waals surface area contributed by atoms with Crippen LogP contribution in [-0.4, -0.2) is 41.1 Å². The highest BCUT2D eigenvalue weighted by molar-refractivity contribution is 5.95. The summed E-state index contributed by atoms with van der Waals surface area (Å²) in [6, 6.07) is 7.70. The normalized spacial score (nSPS) is 24.8. The molecule has 0 bridgehead atoms. The number of rotatable bonds is 3. The number of anilines is 1. The first-order valence-electron chi connectivity index (χ1n) is 9.25. The van der Waals surface area contributed by atoms with E-state index in [9.17, 15) is 9.59 Å². The van der Waals surface area contributed by atoms with E-state index in [1.807, 2.05) is 42.7 Å². The lowest BCUT2D eigenvalue weighted by molar-refractivity contribution is -0.134. The Morgan fingerprint density at radius 2 is 2.11 bits per heavy atom. The van der Waals surface area contributed by atoms with Gasteiger partial charge in [0.15, 0.2) is 0 Å². The van der Waals surface area contributed by atoms with Crippen LogP contribution in [0.4, 0.5) is 5.69 Å². The zero-order chi connectivity index (χ0) is 19.0. The fourth-order valence-electron chi connectivity index (χ4n) is 4.04. The molecule has 1 spiro atoms. The van der Waals surface area contributed by atoms with Crippen LogP contribution in [0, 0.1) is 25.2 Å². The zero-order valence-corrected chi connectivity index (χ0v) is 15.6. The van der Waals surface area contributed by atoms with Crippen LogP contribution in [-0.2, 0) is 14.3 Å². The van der Waals surface area contributed by atoms with Crippen LogP contribution in [0.3, 0.4) is 0 Å². The second kappa shape index (κ2) is 6.81. The van der Waals surface area contributed by atoms with Crippen molar-refractivity contribution in [1.29, 1.82) is 0 Å². The Morgan fingerprint density at radius 1 is 1.33 bits per heavy atom. The Morgan fingerprint density at radius 3 is 2.74 bits per heavy atom. The molecule has 1 aromatic heterocycles. The van der Waals surface area contributed by atoms with Gasteiger partial charge in [-0.3, -0.25) is 9.59 Å². The van der Waals surface area contributed by atoms with Gasteiger partial charge in [0.25, 0.3) is 0 Å². The molecule has 2 N–H and O–H groups in total. The molecule has 2 aromatic rings. The number of hydrogen-bond acceptors (Lipinski definition) is 4. The van der Waals surface area contributed by atoms with Crippen molar-refractivity contribution in [2.75, 3.05) is 25.1 Å². The van der Waals surface area contributed by atoms with Crippen LogP contribution in [0.1, 0.15) is 24.2 Å². The van der Waals surface area contributed by atoms with Crippen molar-refractivity contribution in [3.63, 3.8) is 0 Å². The van der Waals surface area contributed by atoms with Gasteiger partial charge in [-0.05, 0) is 44.5 Å². The standard InChI is InChI=1S/C20H24N4O3/c1-13-14(2)24(12-22-13)16-5-3-15(4-6-16)23-19(26)17-10-21-18(25)9-20(17)7-8-27-11-20/h3-6,12,17H,7-11H2,1-2H3,(H,21,25)(H,23,26). The summed E-state index contributed by atoms with van der Waals surface area (Å²) in [5, 5.41) is 5.83. The van der Waals surface area contributed by atoms with Crippen LogP contribution in [0.5, 0.6) is 0 Å². The highest BCUT2D eigenvalue weighted by Gasteiger charge is 2.49. The molecule has 1 aromatic carbocycles. The van der Waals surface area contributed by atoms with Gasteiger partial charge in [-0.15, -0.1) is 0 Å². The van der Waals surface area contributed by atoms with Gasteiger partial charge in [0.2, 0.25) is 11.8 Å². The molecule has 2 aliphatic heterocycles. The van der Waals surface area contributed by atoms with E-state index >= 15 is 0 Å². The third-order valence-corrected chi connectivity index (χ3v) is 5.87. The van der Waals surface area contributed by atoms with Gasteiger partial charge in [0.1, 0.15) is 0 Å². The fourth-order valence-corrected chi connectivity index (χ4v) is 4.04. The largest absolute Gasteiger partial charge is 0.381 e. The molecule has 2 amide bonds. The molecule has 142 valence electrons. The van der Waals surface area contributed by atoms with Gasteiger partial charge in [-0.1, -0.05) is 0 Å². The third-order valence-electron chi connectivity index (χ3n) is 5.87. The van der Waals surface area contributed by atoms with Gasteiger partial charge in [-0.2, -0.15) is 0 Å². The van der Waals surface area contributed by atoms with Gasteiger partial charge in [0.05, 0.1) is 24.5 Å². The van der Waals surface area contributed by atoms with Crippen molar-refractivity contribution in [2.24, 2.45) is 11.3 Å². The predicted molar refractivity (Wildman–Crippen MR) is 101 cm³/mol. The summed E-state index contributed by atoms with van der Waals surface area (Å²) in [4.78, 5) is 29.1. The van der Waals surface area contributed by atoms with Crippen LogP contribution >= 0.6 is 0 Å². The molecule has 2 unspecified atom stereocenters. The van der Waals surface area contributed by atoms with Crippen LogP contribution in [0.15, 0.2) is 30.6 Å². The molecule has 2 saturated heterocycles. The van der Waals surface area contributed by atoms with E-state index in [2.05, 4.69) is 15.6 Å². The lowest BCUT2D eigenvalue weighted by Crippen LogP contribution is -2.53. The van der Waals surface area contributed by atoms with E-state index in [1.165, 1.54) is 0 Å². The number of imidazole rings is 1. The first-order chi connectivity index (χ1) is 13.0. The molecule has 2 aliphatic rings. The Hall–Kier alpha value is -2.67. The Labute approximate surface area is 158 Å². The zero-order valence-electron chi connectivity index (χ0n) is 15.6. The number of hydrogen-bond donors (Lipinski definition) is 2. The number of piperidine rings is 1. The lowest BCUT2D eigenvalue weighted by Gasteiger charge is -2.38. The number of aryl methyl sites for hydroxylation is 1. The molecule has 7 heteroatoms. The molecule has 27 heavy (non-hydrogen) atoms. The maximum atomic E-state index is 12.9. The van der Waals surface area contributed by atoms with E-state index in [0.717, 1.165) is 29.2 Å². The van der Waals surface area contributed by atoms with Crippen molar-refractivity contribution in [3.8, 4) is 5.69 Å². The first kappa shape index (κ1) is 17.7. The van der Waals surface area contributed by atoms with Gasteiger partial charge in [0, 0.05) is 42.1 Å². The van der Waals surface area contributed by atoms with E-state index in [-0.39, 0.29) is 23.1 Å². The highest BCUT2D eigenvalue weighted by atomic mass is 16.5. The molecule has 2 fully saturated rings. The number of carbonyl (C=O) groups is 2. The van der Waals surface area contributed by atoms with Crippen LogP contribution in [0.2, 0.25) is 0 Å². The van der Waals surface area contributed by atoms with E-state index in [1.54, 1.807) is 6.33 Å². The Bertz CT molecular complexity index is 866. The van der Waals surface area contributed by atoms with E-state index in [0.29, 0.717) is 26.2 Å². The molecule has 3 heterocycles. The minimum atomic E-state index is -0.377. The summed E-state index contributed by atoms with van der Waals surface area (Å²) >= 11 is 0. The number of ether oxygens (including phenoxy) is 1. The minimum Gasteiger partial charge on any atom is -0.381 e. The predicted octanol–water partition coefficient (Wildman–Crippen LogP) is 1.97. The van der Waals surface area contributed by atoms with Crippen LogP contribution < -0.4 is 10.6 Å². The molecule has 7 nitrogen and oxygen atoms in total. The molecule has 0 aliphatic carbocycles. The van der Waals surface area contributed by atoms with E-state index < -0.39 is 0 Å². The number of amides is 2. The summed E-state index contributed by atoms with van der Waals surface area (Å²) in [6.07, 6.45) is 2.90. The molecule has 2 atom stereocenters. The summed E-state index contributed by atoms with van der Waals surface area (Å²) in [6.45, 7) is 5.44. The average molecular weight is 368 g/mol. The Kier molecular flexibility index (Phi) is 4.47. The summed E-state index contributed by atoms with van der Waals surface area (Å²) in [7, 11) is 0. The Balaban J connectivity index is 1.49. The maximum Gasteiger partial charge on any atom is 0.229 e. The fraction of sp³-hybridized carbons (Fsp3) is 0.450. The molecule has 0 saturated carbocycles. The minimum absolute atomic E-state index is 0.0000942. The lowest BCUT2D eigenvalue weighted by atomic mass is 9.69. The number of nitrogens with one attached hydrogen (secondary N) is 2. The second-order valence-electron chi connectivity index (χ2n) is 7.52. The monoisotopic (exact) mass is 368 g/mol. The van der Waals surface area contributed by atoms with Crippen LogP contribution in [0.25, 0.3) is 5.69 Å². The maximum absolute atomic E-state index is 12.9. The third kappa shape index (κ3) is 3.23. The van der Waals surface area contributed by atoms with Gasteiger partial charge >= 0.3 is 0 Å². The van der Waals surface area contributed by atoms with Crippen molar-refractivity contribution >= 4 is 17.5 Å². The van der Waals surface area contributed by atoms with Crippen molar-refractivity contribution in [3.05, 3.63) is 42.0 Å². The molecule has 4 rings (SSSR count). The second-order valence-corrected chi connectivity index (χ2v) is 7.52. The average Bonchev–Trinajstić information content (AvgIpc) is 3.23. The van der Waals surface area contributed by atoms with Gasteiger partial charge < -0.3 is 19.9 Å². The highest BCUT2D eigenvalue weighted by Crippen LogP contribution is 2.42. The first-order valence-corrected chi connectivity index (χ1v) is 9.25. The van der Waals surface area contributed by atoms with Crippen molar-refractivity contribution in [1.82, 2.24) is 14.9 Å². The molecule has 0 radical (unpaired) electrons. The quantitative estimate of drug-likeness (QED) is 0.867. The number of aromatic nitrogens is 2. The SMILES string of the molecule is Cc1ncn(-c2ccc(NC(=O)C3CNC(=O)CC34CCOC4)cc2)c1C. The molecular formula is C20H24N4O3. The number of benzene rings is 1. The summed E-state index contributed by atoms with van der Waals surface area (Å²) in [5.41, 5.74) is 3.45.